The largest absolute Gasteiger partial charge is 0.273 e. The van der Waals surface area contributed by atoms with E-state index < -0.39 is 0 Å². The zero-order valence-corrected chi connectivity index (χ0v) is 12.3. The summed E-state index contributed by atoms with van der Waals surface area (Å²) in [7, 11) is 0. The Morgan fingerprint density at radius 2 is 2.00 bits per heavy atom. The van der Waals surface area contributed by atoms with E-state index in [1.165, 1.54) is 11.1 Å². The third-order valence-corrected chi connectivity index (χ3v) is 3.83. The molecule has 0 radical (unpaired) electrons. The summed E-state index contributed by atoms with van der Waals surface area (Å²) in [5, 5.41) is 4.33. The van der Waals surface area contributed by atoms with Crippen molar-refractivity contribution in [2.45, 2.75) is 45.2 Å². The number of nitrogens with one attached hydrogen (secondary N) is 1. The summed E-state index contributed by atoms with van der Waals surface area (Å²) in [6.45, 7) is 5.20. The average molecular weight is 272 g/mol. The van der Waals surface area contributed by atoms with Crippen LogP contribution in [0.1, 0.15) is 37.3 Å². The molecule has 2 aromatic rings. The van der Waals surface area contributed by atoms with Gasteiger partial charge in [-0.05, 0) is 30.9 Å². The van der Waals surface area contributed by atoms with E-state index in [2.05, 4.69) is 54.8 Å². The molecule has 4 heteroatoms. The van der Waals surface area contributed by atoms with E-state index in [9.17, 15) is 0 Å². The van der Waals surface area contributed by atoms with Gasteiger partial charge in [0.05, 0.1) is 6.20 Å². The van der Waals surface area contributed by atoms with E-state index in [1.54, 1.807) is 0 Å². The van der Waals surface area contributed by atoms with Gasteiger partial charge in [0, 0.05) is 24.7 Å². The number of nitrogens with two attached hydrogens (primary N) is 1. The van der Waals surface area contributed by atoms with Gasteiger partial charge < -0.3 is 0 Å². The monoisotopic (exact) mass is 272 g/mol. The van der Waals surface area contributed by atoms with Crippen molar-refractivity contribution in [3.05, 3.63) is 53.9 Å². The van der Waals surface area contributed by atoms with E-state index >= 15 is 0 Å². The van der Waals surface area contributed by atoms with Crippen LogP contribution in [0.3, 0.4) is 0 Å². The zero-order chi connectivity index (χ0) is 14.4. The first-order valence-corrected chi connectivity index (χ1v) is 7.30. The molecule has 20 heavy (non-hydrogen) atoms. The number of hydrazine groups is 1. The molecule has 1 heterocycles. The molecule has 0 aliphatic rings. The third-order valence-electron chi connectivity index (χ3n) is 3.83. The first-order chi connectivity index (χ1) is 9.78. The molecule has 0 spiro atoms. The lowest BCUT2D eigenvalue weighted by molar-refractivity contribution is 0.427. The molecule has 2 unspecified atom stereocenters. The van der Waals surface area contributed by atoms with E-state index in [1.807, 2.05) is 16.9 Å². The summed E-state index contributed by atoms with van der Waals surface area (Å²) < 4.78 is 1.95. The fourth-order valence-corrected chi connectivity index (χ4v) is 2.71. The molecule has 0 bridgehead atoms. The molecule has 1 aromatic heterocycles. The van der Waals surface area contributed by atoms with Crippen molar-refractivity contribution >= 4 is 0 Å². The predicted molar refractivity (Wildman–Crippen MR) is 82.2 cm³/mol. The number of aryl methyl sites for hydroxylation is 1. The van der Waals surface area contributed by atoms with Crippen LogP contribution >= 0.6 is 0 Å². The summed E-state index contributed by atoms with van der Waals surface area (Å²) in [4.78, 5) is 0. The Bertz CT molecular complexity index is 506. The highest BCUT2D eigenvalue weighted by Crippen LogP contribution is 2.25. The minimum absolute atomic E-state index is 0.219. The van der Waals surface area contributed by atoms with Crippen molar-refractivity contribution < 1.29 is 0 Å². The van der Waals surface area contributed by atoms with Crippen molar-refractivity contribution in [3.8, 4) is 0 Å². The van der Waals surface area contributed by atoms with Gasteiger partial charge in [0.2, 0.25) is 0 Å². The molecular weight excluding hydrogens is 248 g/mol. The Morgan fingerprint density at radius 3 is 2.55 bits per heavy atom. The molecule has 0 saturated heterocycles. The van der Waals surface area contributed by atoms with Gasteiger partial charge in [-0.3, -0.25) is 16.0 Å². The average Bonchev–Trinajstić information content (AvgIpc) is 2.96. The molecule has 0 fully saturated rings. The van der Waals surface area contributed by atoms with Crippen LogP contribution in [0, 0.1) is 0 Å². The molecule has 0 amide bonds. The topological polar surface area (TPSA) is 55.9 Å². The summed E-state index contributed by atoms with van der Waals surface area (Å²) in [5.74, 6) is 6.21. The zero-order valence-electron chi connectivity index (χ0n) is 12.3. The maximum absolute atomic E-state index is 5.80. The lowest BCUT2D eigenvalue weighted by Gasteiger charge is -2.25. The maximum Gasteiger partial charge on any atom is 0.0522 e. The molecule has 4 nitrogen and oxygen atoms in total. The summed E-state index contributed by atoms with van der Waals surface area (Å²) >= 11 is 0. The van der Waals surface area contributed by atoms with E-state index in [0.717, 1.165) is 19.4 Å². The molecule has 1 aromatic carbocycles. The number of hydrogen-bond acceptors (Lipinski definition) is 3. The van der Waals surface area contributed by atoms with Crippen molar-refractivity contribution in [1.29, 1.82) is 0 Å². The van der Waals surface area contributed by atoms with E-state index in [-0.39, 0.29) is 6.04 Å². The third kappa shape index (κ3) is 3.46. The first kappa shape index (κ1) is 14.8. The molecular formula is C16H24N4. The van der Waals surface area contributed by atoms with Gasteiger partial charge in [0.15, 0.2) is 0 Å². The lowest BCUT2D eigenvalue weighted by atomic mass is 9.86. The Balaban J connectivity index is 2.13. The van der Waals surface area contributed by atoms with Gasteiger partial charge >= 0.3 is 0 Å². The van der Waals surface area contributed by atoms with Crippen LogP contribution in [-0.2, 0) is 13.0 Å². The quantitative estimate of drug-likeness (QED) is 0.601. The Kier molecular flexibility index (Phi) is 5.32. The van der Waals surface area contributed by atoms with E-state index in [4.69, 9.17) is 5.84 Å². The normalized spacial score (nSPS) is 14.2. The SMILES string of the molecule is CCC(c1ccccc1)C(Cc1cnn(CC)c1)NN. The Morgan fingerprint density at radius 1 is 1.25 bits per heavy atom. The second-order valence-corrected chi connectivity index (χ2v) is 5.11. The number of benzene rings is 1. The highest BCUT2D eigenvalue weighted by molar-refractivity contribution is 5.22. The number of aromatic nitrogens is 2. The van der Waals surface area contributed by atoms with Gasteiger partial charge in [-0.2, -0.15) is 5.10 Å². The molecule has 2 rings (SSSR count). The maximum atomic E-state index is 5.80. The standard InChI is InChI=1S/C16H24N4/c1-3-15(14-8-6-5-7-9-14)16(19-17)10-13-11-18-20(4-2)12-13/h5-9,11-12,15-16,19H,3-4,10,17H2,1-2H3. The minimum atomic E-state index is 0.219. The predicted octanol–water partition coefficient (Wildman–Crippen LogP) is 2.47. The number of rotatable bonds is 7. The van der Waals surface area contributed by atoms with Crippen molar-refractivity contribution in [2.24, 2.45) is 5.84 Å². The van der Waals surface area contributed by atoms with E-state index in [0.29, 0.717) is 5.92 Å². The summed E-state index contributed by atoms with van der Waals surface area (Å²) in [5.41, 5.74) is 5.55. The fraction of sp³-hybridized carbons (Fsp3) is 0.438. The van der Waals surface area contributed by atoms with Crippen molar-refractivity contribution in [1.82, 2.24) is 15.2 Å². The first-order valence-electron chi connectivity index (χ1n) is 7.30. The molecule has 0 aliphatic heterocycles. The van der Waals surface area contributed by atoms with Gasteiger partial charge in [-0.1, -0.05) is 37.3 Å². The van der Waals surface area contributed by atoms with Crippen LogP contribution in [-0.4, -0.2) is 15.8 Å². The van der Waals surface area contributed by atoms with Crippen molar-refractivity contribution in [3.63, 3.8) is 0 Å². The number of hydrogen-bond donors (Lipinski definition) is 2. The molecule has 3 N–H and O–H groups in total. The van der Waals surface area contributed by atoms with Gasteiger partial charge in [-0.15, -0.1) is 0 Å². The van der Waals surface area contributed by atoms with Gasteiger partial charge in [0.25, 0.3) is 0 Å². The van der Waals surface area contributed by atoms with Gasteiger partial charge in [-0.25, -0.2) is 0 Å². The van der Waals surface area contributed by atoms with Crippen LogP contribution in [0.2, 0.25) is 0 Å². The second-order valence-electron chi connectivity index (χ2n) is 5.11. The highest BCUT2D eigenvalue weighted by Gasteiger charge is 2.21. The Hall–Kier alpha value is -1.65. The molecule has 108 valence electrons. The van der Waals surface area contributed by atoms with Crippen molar-refractivity contribution in [2.75, 3.05) is 0 Å². The van der Waals surface area contributed by atoms with Crippen LogP contribution in [0.5, 0.6) is 0 Å². The van der Waals surface area contributed by atoms with Crippen LogP contribution in [0.25, 0.3) is 0 Å². The molecule has 2 atom stereocenters. The summed E-state index contributed by atoms with van der Waals surface area (Å²) in [6.07, 6.45) is 5.98. The molecule has 0 saturated carbocycles. The highest BCUT2D eigenvalue weighted by atomic mass is 15.3. The Labute approximate surface area is 121 Å². The van der Waals surface area contributed by atoms with Gasteiger partial charge in [0.1, 0.15) is 0 Å². The number of nitrogens with zero attached hydrogens (tertiary/aromatic N) is 2. The molecule has 0 aliphatic carbocycles. The second kappa shape index (κ2) is 7.22. The van der Waals surface area contributed by atoms with Crippen LogP contribution < -0.4 is 11.3 Å². The fourth-order valence-electron chi connectivity index (χ4n) is 2.71. The smallest absolute Gasteiger partial charge is 0.0522 e. The summed E-state index contributed by atoms with van der Waals surface area (Å²) in [6, 6.07) is 10.8. The lowest BCUT2D eigenvalue weighted by Crippen LogP contribution is -2.41. The van der Waals surface area contributed by atoms with Crippen LogP contribution in [0.15, 0.2) is 42.7 Å². The van der Waals surface area contributed by atoms with Crippen LogP contribution in [0.4, 0.5) is 0 Å². The minimum Gasteiger partial charge on any atom is -0.273 e.